The fourth-order valence-electron chi connectivity index (χ4n) is 1.70. The number of esters is 2. The maximum Gasteiger partial charge on any atom is 0.417 e. The van der Waals surface area contributed by atoms with Crippen molar-refractivity contribution >= 4 is 11.9 Å². The second-order valence-electron chi connectivity index (χ2n) is 3.17. The van der Waals surface area contributed by atoms with Crippen molar-refractivity contribution in [2.24, 2.45) is 0 Å². The molecular weight excluding hydrogens is 160 g/mol. The van der Waals surface area contributed by atoms with E-state index in [2.05, 4.69) is 0 Å². The van der Waals surface area contributed by atoms with Gasteiger partial charge in [0.15, 0.2) is 0 Å². The average molecular weight is 170 g/mol. The van der Waals surface area contributed by atoms with Crippen molar-refractivity contribution in [3.8, 4) is 0 Å². The van der Waals surface area contributed by atoms with Crippen molar-refractivity contribution in [2.45, 2.75) is 37.9 Å². The van der Waals surface area contributed by atoms with E-state index < -0.39 is 11.9 Å². The van der Waals surface area contributed by atoms with Crippen LogP contribution in [0.15, 0.2) is 0 Å². The molecule has 2 atom stereocenters. The molecule has 1 heterocycles. The van der Waals surface area contributed by atoms with Gasteiger partial charge in [0.1, 0.15) is 12.2 Å². The third kappa shape index (κ3) is 1.17. The zero-order chi connectivity index (χ0) is 8.55. The van der Waals surface area contributed by atoms with E-state index in [0.29, 0.717) is 0 Å². The van der Waals surface area contributed by atoms with Crippen LogP contribution in [0.1, 0.15) is 25.7 Å². The normalized spacial score (nSPS) is 35.0. The maximum atomic E-state index is 10.8. The van der Waals surface area contributed by atoms with Gasteiger partial charge in [-0.1, -0.05) is 0 Å². The summed E-state index contributed by atoms with van der Waals surface area (Å²) in [4.78, 5) is 21.5. The second kappa shape index (κ2) is 2.77. The molecule has 2 rings (SSSR count). The molecule has 0 aromatic heterocycles. The van der Waals surface area contributed by atoms with Gasteiger partial charge in [0.05, 0.1) is 0 Å². The van der Waals surface area contributed by atoms with Gasteiger partial charge in [-0.25, -0.2) is 9.59 Å². The summed E-state index contributed by atoms with van der Waals surface area (Å²) < 4.78 is 9.78. The summed E-state index contributed by atoms with van der Waals surface area (Å²) in [6.45, 7) is 0. The number of ether oxygens (including phenoxy) is 2. The van der Waals surface area contributed by atoms with E-state index in [0.717, 1.165) is 25.7 Å². The first-order valence-electron chi connectivity index (χ1n) is 4.19. The summed E-state index contributed by atoms with van der Waals surface area (Å²) in [5.41, 5.74) is 0. The lowest BCUT2D eigenvalue weighted by atomic mass is 9.94. The Hall–Kier alpha value is -1.06. The highest BCUT2D eigenvalue weighted by atomic mass is 16.6. The van der Waals surface area contributed by atoms with Crippen molar-refractivity contribution in [1.82, 2.24) is 0 Å². The summed E-state index contributed by atoms with van der Waals surface area (Å²) >= 11 is 0. The third-order valence-corrected chi connectivity index (χ3v) is 2.33. The standard InChI is InChI=1S/C8H10O4/c9-7-8(10)12-6-4-2-1-3-5(6)11-7/h5-6H,1-4H2/t5-,6-/m1/s1. The minimum atomic E-state index is -0.835. The van der Waals surface area contributed by atoms with Crippen LogP contribution in [0.3, 0.4) is 0 Å². The van der Waals surface area contributed by atoms with E-state index in [1.807, 2.05) is 0 Å². The summed E-state index contributed by atoms with van der Waals surface area (Å²) in [5.74, 6) is -1.67. The van der Waals surface area contributed by atoms with Gasteiger partial charge in [-0.2, -0.15) is 0 Å². The highest BCUT2D eigenvalue weighted by molar-refractivity contribution is 6.30. The first-order chi connectivity index (χ1) is 5.77. The molecule has 0 amide bonds. The Morgan fingerprint density at radius 2 is 1.33 bits per heavy atom. The van der Waals surface area contributed by atoms with E-state index in [1.54, 1.807) is 0 Å². The Balaban J connectivity index is 2.07. The lowest BCUT2D eigenvalue weighted by Gasteiger charge is -2.33. The zero-order valence-electron chi connectivity index (χ0n) is 6.62. The SMILES string of the molecule is O=C1O[C@@H]2CCCC[C@H]2OC1=O. The molecular formula is C8H10O4. The predicted molar refractivity (Wildman–Crippen MR) is 38.2 cm³/mol. The highest BCUT2D eigenvalue weighted by Gasteiger charge is 2.39. The van der Waals surface area contributed by atoms with Crippen LogP contribution < -0.4 is 0 Å². The third-order valence-electron chi connectivity index (χ3n) is 2.33. The Morgan fingerprint density at radius 3 is 1.75 bits per heavy atom. The molecule has 0 aromatic carbocycles. The lowest BCUT2D eigenvalue weighted by Crippen LogP contribution is -2.45. The van der Waals surface area contributed by atoms with Gasteiger partial charge in [0.25, 0.3) is 0 Å². The minimum Gasteiger partial charge on any atom is -0.450 e. The zero-order valence-corrected chi connectivity index (χ0v) is 6.62. The molecule has 4 nitrogen and oxygen atoms in total. The van der Waals surface area contributed by atoms with Crippen molar-refractivity contribution in [2.75, 3.05) is 0 Å². The van der Waals surface area contributed by atoms with Gasteiger partial charge < -0.3 is 9.47 Å². The first-order valence-corrected chi connectivity index (χ1v) is 4.19. The number of fused-ring (bicyclic) bond motifs is 1. The van der Waals surface area contributed by atoms with E-state index in [9.17, 15) is 9.59 Å². The van der Waals surface area contributed by atoms with Crippen LogP contribution in [0.5, 0.6) is 0 Å². The average Bonchev–Trinajstić information content (AvgIpc) is 2.07. The number of rotatable bonds is 0. The molecule has 0 unspecified atom stereocenters. The number of hydrogen-bond acceptors (Lipinski definition) is 4. The van der Waals surface area contributed by atoms with Crippen LogP contribution in [0.4, 0.5) is 0 Å². The molecule has 4 heteroatoms. The monoisotopic (exact) mass is 170 g/mol. The number of carbonyl (C=O) groups excluding carboxylic acids is 2. The Bertz CT molecular complexity index is 199. The fraction of sp³-hybridized carbons (Fsp3) is 0.750. The minimum absolute atomic E-state index is 0.177. The fourth-order valence-corrected chi connectivity index (χ4v) is 1.70. The quantitative estimate of drug-likeness (QED) is 0.390. The van der Waals surface area contributed by atoms with E-state index in [4.69, 9.17) is 9.47 Å². The molecule has 66 valence electrons. The largest absolute Gasteiger partial charge is 0.450 e. The predicted octanol–water partition coefficient (Wildman–Crippen LogP) is 0.398. The summed E-state index contributed by atoms with van der Waals surface area (Å²) in [5, 5.41) is 0. The molecule has 1 saturated carbocycles. The van der Waals surface area contributed by atoms with Crippen molar-refractivity contribution < 1.29 is 19.1 Å². The van der Waals surface area contributed by atoms with Gasteiger partial charge in [0, 0.05) is 0 Å². The smallest absolute Gasteiger partial charge is 0.417 e. The molecule has 12 heavy (non-hydrogen) atoms. The second-order valence-corrected chi connectivity index (χ2v) is 3.17. The summed E-state index contributed by atoms with van der Waals surface area (Å²) in [6.07, 6.45) is 3.39. The van der Waals surface area contributed by atoms with Crippen LogP contribution in [0, 0.1) is 0 Å². The van der Waals surface area contributed by atoms with Gasteiger partial charge in [0.2, 0.25) is 0 Å². The lowest BCUT2D eigenvalue weighted by molar-refractivity contribution is -0.198. The molecule has 2 aliphatic rings. The van der Waals surface area contributed by atoms with Crippen LogP contribution in [-0.4, -0.2) is 24.1 Å². The van der Waals surface area contributed by atoms with Crippen LogP contribution in [0.25, 0.3) is 0 Å². The molecule has 0 aromatic rings. The molecule has 1 saturated heterocycles. The highest BCUT2D eigenvalue weighted by Crippen LogP contribution is 2.26. The Labute approximate surface area is 69.8 Å². The van der Waals surface area contributed by atoms with Crippen molar-refractivity contribution in [3.63, 3.8) is 0 Å². The number of carbonyl (C=O) groups is 2. The van der Waals surface area contributed by atoms with Gasteiger partial charge >= 0.3 is 11.9 Å². The molecule has 0 spiro atoms. The maximum absolute atomic E-state index is 10.8. The van der Waals surface area contributed by atoms with Crippen LogP contribution >= 0.6 is 0 Å². The van der Waals surface area contributed by atoms with Gasteiger partial charge in [-0.3, -0.25) is 0 Å². The van der Waals surface area contributed by atoms with Crippen molar-refractivity contribution in [1.29, 1.82) is 0 Å². The topological polar surface area (TPSA) is 52.6 Å². The van der Waals surface area contributed by atoms with Gasteiger partial charge in [-0.15, -0.1) is 0 Å². The first kappa shape index (κ1) is 7.58. The van der Waals surface area contributed by atoms with E-state index >= 15 is 0 Å². The van der Waals surface area contributed by atoms with Crippen molar-refractivity contribution in [3.05, 3.63) is 0 Å². The summed E-state index contributed by atoms with van der Waals surface area (Å²) in [6, 6.07) is 0. The molecule has 1 aliphatic heterocycles. The molecule has 0 bridgehead atoms. The van der Waals surface area contributed by atoms with Crippen LogP contribution in [-0.2, 0) is 19.1 Å². The Morgan fingerprint density at radius 1 is 0.917 bits per heavy atom. The number of hydrogen-bond donors (Lipinski definition) is 0. The molecule has 0 radical (unpaired) electrons. The molecule has 1 aliphatic carbocycles. The molecule has 2 fully saturated rings. The van der Waals surface area contributed by atoms with Crippen LogP contribution in [0.2, 0.25) is 0 Å². The van der Waals surface area contributed by atoms with Gasteiger partial charge in [-0.05, 0) is 25.7 Å². The van der Waals surface area contributed by atoms with E-state index in [1.165, 1.54) is 0 Å². The summed E-state index contributed by atoms with van der Waals surface area (Å²) in [7, 11) is 0. The Kier molecular flexibility index (Phi) is 1.75. The van der Waals surface area contributed by atoms with E-state index in [-0.39, 0.29) is 12.2 Å². The molecule has 0 N–H and O–H groups in total.